The molecule has 1 aromatic rings. The number of methoxy groups -OCH3 is 2. The van der Waals surface area contributed by atoms with E-state index < -0.39 is 5.97 Å². The summed E-state index contributed by atoms with van der Waals surface area (Å²) < 4.78 is 15.5. The Morgan fingerprint density at radius 1 is 1.21 bits per heavy atom. The first kappa shape index (κ1) is 18.0. The predicted octanol–water partition coefficient (Wildman–Crippen LogP) is 1.59. The molecule has 0 aromatic heterocycles. The third kappa shape index (κ3) is 4.35. The number of carbonyl (C=O) groups excluding carboxylic acids is 2. The van der Waals surface area contributed by atoms with Crippen LogP contribution in [0, 0.1) is 0 Å². The van der Waals surface area contributed by atoms with E-state index in [1.54, 1.807) is 7.11 Å². The number of carbonyl (C=O) groups is 2. The molecule has 2 rings (SSSR count). The third-order valence-corrected chi connectivity index (χ3v) is 4.30. The monoisotopic (exact) mass is 333 g/mol. The average molecular weight is 333 g/mol. The summed E-state index contributed by atoms with van der Waals surface area (Å²) in [6.07, 6.45) is 3.86. The van der Waals surface area contributed by atoms with Crippen molar-refractivity contribution < 1.29 is 23.8 Å². The maximum Gasteiger partial charge on any atom is 0.330 e. The number of rotatable bonds is 6. The number of ether oxygens (including phenoxy) is 3. The summed E-state index contributed by atoms with van der Waals surface area (Å²) >= 11 is 0. The fourth-order valence-electron chi connectivity index (χ4n) is 2.91. The van der Waals surface area contributed by atoms with E-state index in [1.807, 2.05) is 24.3 Å². The summed E-state index contributed by atoms with van der Waals surface area (Å²) in [6.45, 7) is 1.71. The Morgan fingerprint density at radius 3 is 2.58 bits per heavy atom. The summed E-state index contributed by atoms with van der Waals surface area (Å²) in [4.78, 5) is 23.0. The lowest BCUT2D eigenvalue weighted by molar-refractivity contribution is -0.135. The molecule has 1 aliphatic heterocycles. The molecule has 6 nitrogen and oxygen atoms in total. The SMILES string of the molecule is COC(=O)/C=C/C(=O)NCC1(c2ccccc2OC)CCOCC1. The topological polar surface area (TPSA) is 73.9 Å². The number of esters is 1. The molecule has 0 saturated carbocycles. The summed E-state index contributed by atoms with van der Waals surface area (Å²) in [6, 6.07) is 7.84. The van der Waals surface area contributed by atoms with Crippen LogP contribution in [0.4, 0.5) is 0 Å². The standard InChI is InChI=1S/C18H23NO5/c1-22-15-6-4-3-5-14(15)18(9-11-24-12-10-18)13-19-16(20)7-8-17(21)23-2/h3-8H,9-13H2,1-2H3,(H,19,20)/b8-7+. The lowest BCUT2D eigenvalue weighted by Gasteiger charge is -2.38. The molecular weight excluding hydrogens is 310 g/mol. The Hall–Kier alpha value is -2.34. The van der Waals surface area contributed by atoms with Crippen molar-refractivity contribution in [2.75, 3.05) is 34.0 Å². The highest BCUT2D eigenvalue weighted by atomic mass is 16.5. The highest BCUT2D eigenvalue weighted by molar-refractivity contribution is 5.94. The minimum absolute atomic E-state index is 0.250. The lowest BCUT2D eigenvalue weighted by atomic mass is 9.73. The van der Waals surface area contributed by atoms with Crippen molar-refractivity contribution in [3.63, 3.8) is 0 Å². The van der Waals surface area contributed by atoms with Crippen molar-refractivity contribution in [2.24, 2.45) is 0 Å². The summed E-state index contributed by atoms with van der Waals surface area (Å²) in [7, 11) is 2.91. The maximum atomic E-state index is 12.0. The molecule has 0 aliphatic carbocycles. The van der Waals surface area contributed by atoms with Crippen LogP contribution in [0.25, 0.3) is 0 Å². The van der Waals surface area contributed by atoms with Crippen LogP contribution in [0.5, 0.6) is 5.75 Å². The smallest absolute Gasteiger partial charge is 0.330 e. The number of para-hydroxylation sites is 1. The van der Waals surface area contributed by atoms with E-state index in [0.29, 0.717) is 19.8 Å². The number of amides is 1. The van der Waals surface area contributed by atoms with Crippen LogP contribution in [0.2, 0.25) is 0 Å². The van der Waals surface area contributed by atoms with Gasteiger partial charge >= 0.3 is 5.97 Å². The van der Waals surface area contributed by atoms with Crippen molar-refractivity contribution in [3.05, 3.63) is 42.0 Å². The fourth-order valence-corrected chi connectivity index (χ4v) is 2.91. The molecule has 0 unspecified atom stereocenters. The molecular formula is C18H23NO5. The molecule has 6 heteroatoms. The molecule has 1 fully saturated rings. The van der Waals surface area contributed by atoms with E-state index in [-0.39, 0.29) is 11.3 Å². The van der Waals surface area contributed by atoms with Crippen LogP contribution in [0.15, 0.2) is 36.4 Å². The average Bonchev–Trinajstić information content (AvgIpc) is 2.65. The van der Waals surface area contributed by atoms with E-state index in [2.05, 4.69) is 10.1 Å². The molecule has 1 aromatic carbocycles. The fraction of sp³-hybridized carbons (Fsp3) is 0.444. The molecule has 130 valence electrons. The van der Waals surface area contributed by atoms with Gasteiger partial charge in [-0.05, 0) is 18.9 Å². The van der Waals surface area contributed by atoms with E-state index in [0.717, 1.165) is 30.2 Å². The third-order valence-electron chi connectivity index (χ3n) is 4.30. The second-order valence-electron chi connectivity index (χ2n) is 5.67. The van der Waals surface area contributed by atoms with Gasteiger partial charge in [0.15, 0.2) is 0 Å². The van der Waals surface area contributed by atoms with Crippen molar-refractivity contribution in [2.45, 2.75) is 18.3 Å². The first-order chi connectivity index (χ1) is 11.6. The zero-order valence-electron chi connectivity index (χ0n) is 14.0. The minimum atomic E-state index is -0.560. The number of benzene rings is 1. The summed E-state index contributed by atoms with van der Waals surface area (Å²) in [5.41, 5.74) is 0.813. The second-order valence-corrected chi connectivity index (χ2v) is 5.67. The zero-order chi connectivity index (χ0) is 17.4. The highest BCUT2D eigenvalue weighted by Gasteiger charge is 2.36. The first-order valence-electron chi connectivity index (χ1n) is 7.86. The van der Waals surface area contributed by atoms with Gasteiger partial charge in [-0.2, -0.15) is 0 Å². The van der Waals surface area contributed by atoms with Crippen LogP contribution in [0.1, 0.15) is 18.4 Å². The molecule has 24 heavy (non-hydrogen) atoms. The largest absolute Gasteiger partial charge is 0.496 e. The Kier molecular flexibility index (Phi) is 6.37. The molecule has 1 aliphatic rings. The lowest BCUT2D eigenvalue weighted by Crippen LogP contribution is -2.44. The Bertz CT molecular complexity index is 605. The molecule has 1 N–H and O–H groups in total. The Balaban J connectivity index is 2.15. The van der Waals surface area contributed by atoms with Crippen LogP contribution < -0.4 is 10.1 Å². The van der Waals surface area contributed by atoms with Crippen molar-refractivity contribution >= 4 is 11.9 Å². The number of nitrogens with one attached hydrogen (secondary N) is 1. The molecule has 1 heterocycles. The Labute approximate surface area is 141 Å². The van der Waals surface area contributed by atoms with Gasteiger partial charge in [-0.1, -0.05) is 18.2 Å². The Morgan fingerprint density at radius 2 is 1.92 bits per heavy atom. The van der Waals surface area contributed by atoms with E-state index in [1.165, 1.54) is 13.2 Å². The van der Waals surface area contributed by atoms with Gasteiger partial charge in [0.05, 0.1) is 14.2 Å². The van der Waals surface area contributed by atoms with Crippen molar-refractivity contribution in [1.29, 1.82) is 0 Å². The van der Waals surface area contributed by atoms with Crippen LogP contribution in [-0.2, 0) is 24.5 Å². The summed E-state index contributed by atoms with van der Waals surface area (Å²) in [5, 5.41) is 2.88. The van der Waals surface area contributed by atoms with Gasteiger partial charge in [0.25, 0.3) is 0 Å². The van der Waals surface area contributed by atoms with Crippen LogP contribution in [0.3, 0.4) is 0 Å². The molecule has 0 radical (unpaired) electrons. The van der Waals surface area contributed by atoms with E-state index in [4.69, 9.17) is 9.47 Å². The number of hydrogen-bond acceptors (Lipinski definition) is 5. The zero-order valence-corrected chi connectivity index (χ0v) is 14.0. The van der Waals surface area contributed by atoms with Gasteiger partial charge in [0.2, 0.25) is 5.91 Å². The van der Waals surface area contributed by atoms with Crippen LogP contribution in [-0.4, -0.2) is 45.9 Å². The quantitative estimate of drug-likeness (QED) is 0.632. The normalized spacial score (nSPS) is 16.6. The number of hydrogen-bond donors (Lipinski definition) is 1. The van der Waals surface area contributed by atoms with Crippen molar-refractivity contribution in [3.8, 4) is 5.75 Å². The van der Waals surface area contributed by atoms with Crippen molar-refractivity contribution in [1.82, 2.24) is 5.32 Å². The van der Waals surface area contributed by atoms with Gasteiger partial charge < -0.3 is 19.5 Å². The van der Waals surface area contributed by atoms with E-state index in [9.17, 15) is 9.59 Å². The first-order valence-corrected chi connectivity index (χ1v) is 7.86. The molecule has 1 amide bonds. The molecule has 0 atom stereocenters. The maximum absolute atomic E-state index is 12.0. The van der Waals surface area contributed by atoms with Gasteiger partial charge in [0.1, 0.15) is 5.75 Å². The summed E-state index contributed by atoms with van der Waals surface area (Å²) in [5.74, 6) is -0.0874. The molecule has 0 spiro atoms. The van der Waals surface area contributed by atoms with Gasteiger partial charge in [0, 0.05) is 42.9 Å². The van der Waals surface area contributed by atoms with Gasteiger partial charge in [-0.15, -0.1) is 0 Å². The molecule has 1 saturated heterocycles. The van der Waals surface area contributed by atoms with E-state index >= 15 is 0 Å². The second kappa shape index (κ2) is 8.49. The predicted molar refractivity (Wildman–Crippen MR) is 88.9 cm³/mol. The minimum Gasteiger partial charge on any atom is -0.496 e. The van der Waals surface area contributed by atoms with Gasteiger partial charge in [-0.3, -0.25) is 4.79 Å². The molecule has 0 bridgehead atoms. The van der Waals surface area contributed by atoms with Gasteiger partial charge in [-0.25, -0.2) is 4.79 Å². The van der Waals surface area contributed by atoms with Crippen LogP contribution >= 0.6 is 0 Å². The highest BCUT2D eigenvalue weighted by Crippen LogP contribution is 2.39.